The van der Waals surface area contributed by atoms with E-state index in [9.17, 15) is 0 Å². The monoisotopic (exact) mass is 251 g/mol. The molecule has 1 nitrogen and oxygen atoms in total. The topological polar surface area (TPSA) is 12.9 Å². The molecule has 1 aliphatic carbocycles. The zero-order valence-corrected chi connectivity index (χ0v) is 11.6. The van der Waals surface area contributed by atoms with Crippen molar-refractivity contribution in [3.63, 3.8) is 0 Å². The molecule has 0 spiro atoms. The standard InChI is InChI=1S/C15H22ClN/c1-3-15(8-4-5-9-15)14(16)10-13-7-6-12(2)11-17-13/h6-7,11,14H,3-5,8-10H2,1-2H3. The van der Waals surface area contributed by atoms with Crippen LogP contribution >= 0.6 is 11.6 Å². The maximum absolute atomic E-state index is 6.68. The van der Waals surface area contributed by atoms with Gasteiger partial charge in [0.05, 0.1) is 0 Å². The van der Waals surface area contributed by atoms with E-state index in [-0.39, 0.29) is 5.38 Å². The Morgan fingerprint density at radius 2 is 2.06 bits per heavy atom. The number of alkyl halides is 1. The Bertz CT molecular complexity index is 352. The molecule has 1 aromatic heterocycles. The number of hydrogen-bond donors (Lipinski definition) is 0. The van der Waals surface area contributed by atoms with E-state index >= 15 is 0 Å². The van der Waals surface area contributed by atoms with Crippen molar-refractivity contribution in [3.8, 4) is 0 Å². The molecule has 0 saturated heterocycles. The smallest absolute Gasteiger partial charge is 0.0447 e. The molecule has 0 radical (unpaired) electrons. The van der Waals surface area contributed by atoms with Gasteiger partial charge in [0, 0.05) is 23.7 Å². The van der Waals surface area contributed by atoms with Crippen molar-refractivity contribution in [2.45, 2.75) is 57.7 Å². The van der Waals surface area contributed by atoms with Gasteiger partial charge in [0.15, 0.2) is 0 Å². The van der Waals surface area contributed by atoms with Crippen molar-refractivity contribution < 1.29 is 0 Å². The summed E-state index contributed by atoms with van der Waals surface area (Å²) in [4.78, 5) is 4.47. The number of hydrogen-bond acceptors (Lipinski definition) is 1. The predicted molar refractivity (Wildman–Crippen MR) is 73.5 cm³/mol. The molecular formula is C15H22ClN. The molecule has 0 aromatic carbocycles. The summed E-state index contributed by atoms with van der Waals surface area (Å²) in [6.45, 7) is 4.35. The minimum absolute atomic E-state index is 0.241. The lowest BCUT2D eigenvalue weighted by Crippen LogP contribution is -2.29. The zero-order valence-electron chi connectivity index (χ0n) is 10.9. The van der Waals surface area contributed by atoms with Gasteiger partial charge in [-0.15, -0.1) is 11.6 Å². The number of rotatable bonds is 4. The normalized spacial score (nSPS) is 20.4. The van der Waals surface area contributed by atoms with Crippen LogP contribution in [0.5, 0.6) is 0 Å². The second-order valence-electron chi connectivity index (χ2n) is 5.42. The SMILES string of the molecule is CCC1(C(Cl)Cc2ccc(C)cn2)CCCC1. The first-order chi connectivity index (χ1) is 8.16. The van der Waals surface area contributed by atoms with Crippen LogP contribution in [0, 0.1) is 12.3 Å². The van der Waals surface area contributed by atoms with Crippen molar-refractivity contribution in [2.75, 3.05) is 0 Å². The Morgan fingerprint density at radius 1 is 1.35 bits per heavy atom. The molecule has 1 fully saturated rings. The summed E-state index contributed by atoms with van der Waals surface area (Å²) in [5.74, 6) is 0. The number of aromatic nitrogens is 1. The van der Waals surface area contributed by atoms with Gasteiger partial charge in [-0.05, 0) is 43.2 Å². The summed E-state index contributed by atoms with van der Waals surface area (Å²) >= 11 is 6.68. The van der Waals surface area contributed by atoms with Crippen LogP contribution in [-0.2, 0) is 6.42 Å². The molecule has 1 aromatic rings. The lowest BCUT2D eigenvalue weighted by atomic mass is 9.78. The van der Waals surface area contributed by atoms with Crippen molar-refractivity contribution in [1.82, 2.24) is 4.98 Å². The molecule has 2 rings (SSSR count). The Labute approximate surface area is 110 Å². The molecular weight excluding hydrogens is 230 g/mol. The van der Waals surface area contributed by atoms with Crippen LogP contribution in [0.15, 0.2) is 18.3 Å². The maximum atomic E-state index is 6.68. The van der Waals surface area contributed by atoms with E-state index in [0.717, 1.165) is 12.1 Å². The van der Waals surface area contributed by atoms with Gasteiger partial charge >= 0.3 is 0 Å². The molecule has 1 aliphatic rings. The molecule has 1 unspecified atom stereocenters. The summed E-state index contributed by atoms with van der Waals surface area (Å²) in [6.07, 6.45) is 9.33. The van der Waals surface area contributed by atoms with Crippen LogP contribution < -0.4 is 0 Å². The summed E-state index contributed by atoms with van der Waals surface area (Å²) in [6, 6.07) is 4.24. The van der Waals surface area contributed by atoms with Crippen molar-refractivity contribution in [3.05, 3.63) is 29.6 Å². The lowest BCUT2D eigenvalue weighted by Gasteiger charge is -2.32. The van der Waals surface area contributed by atoms with E-state index in [2.05, 4.69) is 31.0 Å². The third-order valence-corrected chi connectivity index (χ3v) is 4.95. The van der Waals surface area contributed by atoms with E-state index in [0.29, 0.717) is 5.41 Å². The van der Waals surface area contributed by atoms with Gasteiger partial charge in [-0.1, -0.05) is 25.8 Å². The van der Waals surface area contributed by atoms with E-state index in [4.69, 9.17) is 11.6 Å². The van der Waals surface area contributed by atoms with Gasteiger partial charge in [-0.25, -0.2) is 0 Å². The highest BCUT2D eigenvalue weighted by Crippen LogP contribution is 2.46. The fourth-order valence-electron chi connectivity index (χ4n) is 2.99. The maximum Gasteiger partial charge on any atom is 0.0447 e. The molecule has 1 saturated carbocycles. The minimum Gasteiger partial charge on any atom is -0.261 e. The second-order valence-corrected chi connectivity index (χ2v) is 5.95. The van der Waals surface area contributed by atoms with Gasteiger partial charge in [-0.3, -0.25) is 4.98 Å². The Balaban J connectivity index is 2.05. The van der Waals surface area contributed by atoms with Crippen LogP contribution in [0.4, 0.5) is 0 Å². The molecule has 0 bridgehead atoms. The molecule has 0 aliphatic heterocycles. The Kier molecular flexibility index (Phi) is 4.09. The van der Waals surface area contributed by atoms with Crippen LogP contribution in [0.25, 0.3) is 0 Å². The van der Waals surface area contributed by atoms with Gasteiger partial charge in [0.25, 0.3) is 0 Å². The van der Waals surface area contributed by atoms with Crippen LogP contribution in [0.3, 0.4) is 0 Å². The second kappa shape index (κ2) is 5.39. The van der Waals surface area contributed by atoms with Gasteiger partial charge in [0.1, 0.15) is 0 Å². The third-order valence-electron chi connectivity index (χ3n) is 4.33. The fourth-order valence-corrected chi connectivity index (χ4v) is 3.52. The molecule has 1 heterocycles. The predicted octanol–water partition coefficient (Wildman–Crippen LogP) is 4.51. The van der Waals surface area contributed by atoms with E-state index in [1.807, 2.05) is 6.20 Å². The molecule has 0 N–H and O–H groups in total. The molecule has 1 atom stereocenters. The van der Waals surface area contributed by atoms with E-state index < -0.39 is 0 Å². The molecule has 0 amide bonds. The van der Waals surface area contributed by atoms with Gasteiger partial charge < -0.3 is 0 Å². The summed E-state index contributed by atoms with van der Waals surface area (Å²) in [5, 5.41) is 0.241. The summed E-state index contributed by atoms with van der Waals surface area (Å²) in [5.41, 5.74) is 2.72. The number of halogens is 1. The number of pyridine rings is 1. The average Bonchev–Trinajstić information content (AvgIpc) is 2.82. The number of aryl methyl sites for hydroxylation is 1. The molecule has 2 heteroatoms. The summed E-state index contributed by atoms with van der Waals surface area (Å²) < 4.78 is 0. The first kappa shape index (κ1) is 12.9. The Hall–Kier alpha value is -0.560. The first-order valence-corrected chi connectivity index (χ1v) is 7.15. The summed E-state index contributed by atoms with van der Waals surface area (Å²) in [7, 11) is 0. The molecule has 94 valence electrons. The van der Waals surface area contributed by atoms with Crippen molar-refractivity contribution in [1.29, 1.82) is 0 Å². The van der Waals surface area contributed by atoms with E-state index in [1.165, 1.54) is 37.7 Å². The highest BCUT2D eigenvalue weighted by atomic mass is 35.5. The average molecular weight is 252 g/mol. The lowest BCUT2D eigenvalue weighted by molar-refractivity contribution is 0.266. The van der Waals surface area contributed by atoms with Crippen LogP contribution in [0.1, 0.15) is 50.3 Å². The zero-order chi connectivity index (χ0) is 12.3. The van der Waals surface area contributed by atoms with Crippen molar-refractivity contribution in [2.24, 2.45) is 5.41 Å². The quantitative estimate of drug-likeness (QED) is 0.718. The van der Waals surface area contributed by atoms with Crippen LogP contribution in [-0.4, -0.2) is 10.4 Å². The fraction of sp³-hybridized carbons (Fsp3) is 0.667. The Morgan fingerprint density at radius 3 is 2.59 bits per heavy atom. The highest BCUT2D eigenvalue weighted by Gasteiger charge is 2.38. The van der Waals surface area contributed by atoms with Crippen molar-refractivity contribution >= 4 is 11.6 Å². The van der Waals surface area contributed by atoms with Crippen LogP contribution in [0.2, 0.25) is 0 Å². The van der Waals surface area contributed by atoms with Gasteiger partial charge in [-0.2, -0.15) is 0 Å². The van der Waals surface area contributed by atoms with Gasteiger partial charge in [0.2, 0.25) is 0 Å². The molecule has 17 heavy (non-hydrogen) atoms. The largest absolute Gasteiger partial charge is 0.261 e. The third kappa shape index (κ3) is 2.82. The van der Waals surface area contributed by atoms with E-state index in [1.54, 1.807) is 0 Å². The first-order valence-electron chi connectivity index (χ1n) is 6.72. The minimum atomic E-state index is 0.241. The highest BCUT2D eigenvalue weighted by molar-refractivity contribution is 6.21. The number of nitrogens with zero attached hydrogens (tertiary/aromatic N) is 1.